The van der Waals surface area contributed by atoms with Crippen molar-refractivity contribution in [2.24, 2.45) is 0 Å². The van der Waals surface area contributed by atoms with Crippen molar-refractivity contribution in [1.29, 1.82) is 0 Å². The SMILES string of the molecule is CC(F)(F)C(F)(F)OC(C)(F)C(F)(F)OC(F)=C(F)F. The summed E-state index contributed by atoms with van der Waals surface area (Å²) in [7, 11) is 0. The van der Waals surface area contributed by atoms with Crippen LogP contribution in [-0.4, -0.2) is 24.0 Å². The van der Waals surface area contributed by atoms with Crippen LogP contribution in [0.15, 0.2) is 12.1 Å². The first-order valence-corrected chi connectivity index (χ1v) is 4.46. The second-order valence-electron chi connectivity index (χ2n) is 3.58. The summed E-state index contributed by atoms with van der Waals surface area (Å²) in [6, 6.07) is -3.28. The Morgan fingerprint density at radius 3 is 1.45 bits per heavy atom. The highest BCUT2D eigenvalue weighted by atomic mass is 19.3. The van der Waals surface area contributed by atoms with Gasteiger partial charge >= 0.3 is 36.1 Å². The fourth-order valence-electron chi connectivity index (χ4n) is 0.632. The lowest BCUT2D eigenvalue weighted by molar-refractivity contribution is -0.459. The molecule has 0 heterocycles. The van der Waals surface area contributed by atoms with Crippen molar-refractivity contribution in [1.82, 2.24) is 0 Å². The maximum absolute atomic E-state index is 13.2. The van der Waals surface area contributed by atoms with Crippen LogP contribution in [0.2, 0.25) is 0 Å². The molecule has 12 heteroatoms. The fourth-order valence-corrected chi connectivity index (χ4v) is 0.632. The highest BCUT2D eigenvalue weighted by Crippen LogP contribution is 2.45. The first-order chi connectivity index (χ1) is 8.53. The normalized spacial score (nSPS) is 16.6. The Labute approximate surface area is 104 Å². The molecule has 0 spiro atoms. The summed E-state index contributed by atoms with van der Waals surface area (Å²) in [4.78, 5) is 0. The standard InChI is InChI=1S/C8H6F10O2/c1-5(12,13)7(15,16)20-6(2,14)8(17,18)19-4(11)3(9)10/h1-2H3. The predicted octanol–water partition coefficient (Wildman–Crippen LogP) is 4.58. The zero-order valence-electron chi connectivity index (χ0n) is 9.60. The maximum atomic E-state index is 13.2. The molecule has 1 unspecified atom stereocenters. The van der Waals surface area contributed by atoms with E-state index < -0.39 is 49.9 Å². The summed E-state index contributed by atoms with van der Waals surface area (Å²) in [5.74, 6) is -10.1. The van der Waals surface area contributed by atoms with Gasteiger partial charge in [0.1, 0.15) is 0 Å². The quantitative estimate of drug-likeness (QED) is 0.526. The average Bonchev–Trinajstić information content (AvgIpc) is 2.12. The predicted molar refractivity (Wildman–Crippen MR) is 42.5 cm³/mol. The van der Waals surface area contributed by atoms with Crippen LogP contribution in [0.1, 0.15) is 13.8 Å². The molecule has 0 N–H and O–H groups in total. The van der Waals surface area contributed by atoms with Gasteiger partial charge in [-0.3, -0.25) is 4.74 Å². The highest BCUT2D eigenvalue weighted by Gasteiger charge is 2.66. The molecule has 0 aromatic carbocycles. The van der Waals surface area contributed by atoms with E-state index in [1.54, 1.807) is 0 Å². The van der Waals surface area contributed by atoms with Crippen molar-refractivity contribution in [3.8, 4) is 0 Å². The molecule has 0 saturated carbocycles. The molecule has 0 aromatic heterocycles. The van der Waals surface area contributed by atoms with E-state index in [0.717, 1.165) is 0 Å². The van der Waals surface area contributed by atoms with E-state index in [0.29, 0.717) is 0 Å². The van der Waals surface area contributed by atoms with Crippen LogP contribution in [-0.2, 0) is 9.47 Å². The van der Waals surface area contributed by atoms with Crippen LogP contribution in [0.3, 0.4) is 0 Å². The van der Waals surface area contributed by atoms with Crippen molar-refractivity contribution in [3.05, 3.63) is 12.1 Å². The van der Waals surface area contributed by atoms with Crippen molar-refractivity contribution >= 4 is 0 Å². The average molecular weight is 324 g/mol. The van der Waals surface area contributed by atoms with E-state index in [9.17, 15) is 43.9 Å². The number of rotatable bonds is 6. The van der Waals surface area contributed by atoms with Crippen LogP contribution in [0.25, 0.3) is 0 Å². The number of hydrogen-bond donors (Lipinski definition) is 0. The molecular formula is C8H6F10O2. The summed E-state index contributed by atoms with van der Waals surface area (Å²) >= 11 is 0. The van der Waals surface area contributed by atoms with Crippen molar-refractivity contribution in [2.45, 2.75) is 37.8 Å². The first-order valence-electron chi connectivity index (χ1n) is 4.46. The Morgan fingerprint density at radius 1 is 0.750 bits per heavy atom. The van der Waals surface area contributed by atoms with Gasteiger partial charge in [0.05, 0.1) is 0 Å². The zero-order chi connectivity index (χ0) is 16.6. The lowest BCUT2D eigenvalue weighted by Gasteiger charge is -2.33. The van der Waals surface area contributed by atoms with Crippen LogP contribution >= 0.6 is 0 Å². The van der Waals surface area contributed by atoms with Crippen LogP contribution in [0.5, 0.6) is 0 Å². The number of hydrogen-bond acceptors (Lipinski definition) is 2. The van der Waals surface area contributed by atoms with Gasteiger partial charge in [0.2, 0.25) is 0 Å². The largest absolute Gasteiger partial charge is 0.461 e. The third kappa shape index (κ3) is 4.15. The van der Waals surface area contributed by atoms with Gasteiger partial charge in [0.25, 0.3) is 0 Å². The van der Waals surface area contributed by atoms with Gasteiger partial charge < -0.3 is 4.74 Å². The summed E-state index contributed by atoms with van der Waals surface area (Å²) in [5, 5.41) is 0. The topological polar surface area (TPSA) is 18.5 Å². The van der Waals surface area contributed by atoms with Crippen molar-refractivity contribution in [3.63, 3.8) is 0 Å². The Bertz CT molecular complexity index is 379. The van der Waals surface area contributed by atoms with Crippen LogP contribution in [0, 0.1) is 0 Å². The Kier molecular flexibility index (Phi) is 4.98. The minimum atomic E-state index is -5.74. The number of halogens is 10. The van der Waals surface area contributed by atoms with E-state index in [1.807, 2.05) is 0 Å². The van der Waals surface area contributed by atoms with E-state index in [2.05, 4.69) is 9.47 Å². The molecule has 0 rings (SSSR count). The van der Waals surface area contributed by atoms with Gasteiger partial charge in [-0.25, -0.2) is 4.39 Å². The lowest BCUT2D eigenvalue weighted by atomic mass is 10.3. The molecule has 0 radical (unpaired) electrons. The molecule has 0 amide bonds. The molecule has 0 saturated heterocycles. The van der Waals surface area contributed by atoms with Gasteiger partial charge in [-0.15, -0.1) is 0 Å². The smallest absolute Gasteiger partial charge is 0.398 e. The Morgan fingerprint density at radius 2 is 1.15 bits per heavy atom. The zero-order valence-corrected chi connectivity index (χ0v) is 9.60. The Hall–Kier alpha value is -1.20. The van der Waals surface area contributed by atoms with Crippen LogP contribution < -0.4 is 0 Å². The van der Waals surface area contributed by atoms with Gasteiger partial charge in [-0.2, -0.15) is 39.5 Å². The molecule has 0 fully saturated rings. The molecule has 120 valence electrons. The van der Waals surface area contributed by atoms with E-state index in [1.165, 1.54) is 0 Å². The van der Waals surface area contributed by atoms with E-state index in [4.69, 9.17) is 0 Å². The first kappa shape index (κ1) is 18.8. The van der Waals surface area contributed by atoms with Crippen molar-refractivity contribution in [2.75, 3.05) is 0 Å². The highest BCUT2D eigenvalue weighted by molar-refractivity contribution is 4.87. The van der Waals surface area contributed by atoms with Crippen LogP contribution in [0.4, 0.5) is 43.9 Å². The van der Waals surface area contributed by atoms with E-state index in [-0.39, 0.29) is 0 Å². The second-order valence-corrected chi connectivity index (χ2v) is 3.58. The molecule has 20 heavy (non-hydrogen) atoms. The monoisotopic (exact) mass is 324 g/mol. The van der Waals surface area contributed by atoms with Gasteiger partial charge in [-0.1, -0.05) is 0 Å². The van der Waals surface area contributed by atoms with Gasteiger partial charge in [0.15, 0.2) is 0 Å². The second kappa shape index (κ2) is 5.30. The minimum absolute atomic E-state index is 0.482. The number of ether oxygens (including phenoxy) is 2. The minimum Gasteiger partial charge on any atom is -0.398 e. The molecule has 1 atom stereocenters. The molecular weight excluding hydrogens is 318 g/mol. The van der Waals surface area contributed by atoms with Gasteiger partial charge in [0, 0.05) is 13.8 Å². The molecule has 0 aliphatic heterocycles. The number of alkyl halides is 7. The third-order valence-electron chi connectivity index (χ3n) is 1.72. The summed E-state index contributed by atoms with van der Waals surface area (Å²) < 4.78 is 129. The Balaban J connectivity index is 5.28. The third-order valence-corrected chi connectivity index (χ3v) is 1.72. The summed E-state index contributed by atoms with van der Waals surface area (Å²) in [6.45, 7) is -1.01. The fraction of sp³-hybridized carbons (Fsp3) is 0.750. The van der Waals surface area contributed by atoms with Crippen molar-refractivity contribution < 1.29 is 53.4 Å². The summed E-state index contributed by atoms with van der Waals surface area (Å²) in [5.41, 5.74) is 0. The lowest BCUT2D eigenvalue weighted by Crippen LogP contribution is -2.54. The molecule has 0 aliphatic carbocycles. The van der Waals surface area contributed by atoms with Gasteiger partial charge in [-0.05, 0) is 0 Å². The molecule has 0 aromatic rings. The molecule has 2 nitrogen and oxygen atoms in total. The maximum Gasteiger partial charge on any atom is 0.461 e. The molecule has 0 bridgehead atoms. The van der Waals surface area contributed by atoms with E-state index >= 15 is 0 Å². The summed E-state index contributed by atoms with van der Waals surface area (Å²) in [6.07, 6.45) is -14.9. The molecule has 0 aliphatic rings.